The van der Waals surface area contributed by atoms with E-state index in [9.17, 15) is 5.26 Å². The molecule has 1 saturated heterocycles. The second-order valence-corrected chi connectivity index (χ2v) is 7.61. The van der Waals surface area contributed by atoms with Gasteiger partial charge in [-0.15, -0.1) is 0 Å². The van der Waals surface area contributed by atoms with Gasteiger partial charge in [0.2, 0.25) is 5.88 Å². The fraction of sp³-hybridized carbons (Fsp3) is 0.333. The molecule has 0 saturated carbocycles. The highest BCUT2D eigenvalue weighted by molar-refractivity contribution is 5.90. The van der Waals surface area contributed by atoms with Crippen molar-refractivity contribution in [2.75, 3.05) is 18.0 Å². The van der Waals surface area contributed by atoms with Crippen molar-refractivity contribution in [3.63, 3.8) is 0 Å². The van der Waals surface area contributed by atoms with Gasteiger partial charge >= 0.3 is 0 Å². The summed E-state index contributed by atoms with van der Waals surface area (Å²) in [5.41, 5.74) is 3.65. The number of ether oxygens (including phenoxy) is 1. The van der Waals surface area contributed by atoms with Crippen LogP contribution in [-0.2, 0) is 0 Å². The molecule has 1 fully saturated rings. The van der Waals surface area contributed by atoms with E-state index in [0.29, 0.717) is 11.4 Å². The van der Waals surface area contributed by atoms with Crippen LogP contribution in [0, 0.1) is 11.3 Å². The maximum absolute atomic E-state index is 9.69. The van der Waals surface area contributed by atoms with Gasteiger partial charge < -0.3 is 9.64 Å². The van der Waals surface area contributed by atoms with E-state index in [1.807, 2.05) is 19.9 Å². The number of hydrogen-bond acceptors (Lipinski definition) is 4. The first-order chi connectivity index (χ1) is 13.7. The summed E-state index contributed by atoms with van der Waals surface area (Å²) in [7, 11) is 0. The lowest BCUT2D eigenvalue weighted by atomic mass is 9.98. The molecular formula is C24H25N3O. The molecule has 1 aromatic heterocycles. The van der Waals surface area contributed by atoms with Crippen LogP contribution >= 0.6 is 0 Å². The Labute approximate surface area is 166 Å². The van der Waals surface area contributed by atoms with Crippen molar-refractivity contribution in [3.05, 3.63) is 54.2 Å². The van der Waals surface area contributed by atoms with Crippen molar-refractivity contribution >= 4 is 16.5 Å². The number of hydrogen-bond donors (Lipinski definition) is 0. The van der Waals surface area contributed by atoms with Gasteiger partial charge in [-0.3, -0.25) is 0 Å². The van der Waals surface area contributed by atoms with Gasteiger partial charge in [0.05, 0.1) is 6.10 Å². The van der Waals surface area contributed by atoms with Gasteiger partial charge in [0.25, 0.3) is 0 Å². The maximum Gasteiger partial charge on any atom is 0.232 e. The zero-order chi connectivity index (χ0) is 19.5. The number of piperidine rings is 1. The zero-order valence-corrected chi connectivity index (χ0v) is 16.5. The molecule has 0 N–H and O–H groups in total. The molecule has 1 aliphatic rings. The molecule has 0 bridgehead atoms. The Morgan fingerprint density at radius 2 is 1.75 bits per heavy atom. The highest BCUT2D eigenvalue weighted by Gasteiger charge is 2.15. The van der Waals surface area contributed by atoms with E-state index in [2.05, 4.69) is 52.4 Å². The van der Waals surface area contributed by atoms with Gasteiger partial charge in [0.1, 0.15) is 11.6 Å². The summed E-state index contributed by atoms with van der Waals surface area (Å²) >= 11 is 0. The highest BCUT2D eigenvalue weighted by Crippen LogP contribution is 2.32. The molecule has 4 rings (SSSR count). The van der Waals surface area contributed by atoms with Gasteiger partial charge in [-0.1, -0.05) is 18.2 Å². The average Bonchev–Trinajstić information content (AvgIpc) is 2.73. The minimum Gasteiger partial charge on any atom is -0.474 e. The standard InChI is InChI=1S/C24H25N3O/c1-17(2)28-24-23(16-25)22(10-11-26-24)20-7-6-19-15-21(9-8-18(19)14-20)27-12-4-3-5-13-27/h6-11,14-15,17H,3-5,12-13H2,1-2H3. The van der Waals surface area contributed by atoms with Gasteiger partial charge in [-0.25, -0.2) is 4.98 Å². The van der Waals surface area contributed by atoms with E-state index in [1.54, 1.807) is 6.20 Å². The molecule has 0 amide bonds. The summed E-state index contributed by atoms with van der Waals surface area (Å²) in [6, 6.07) is 17.2. The zero-order valence-electron chi connectivity index (χ0n) is 16.5. The Morgan fingerprint density at radius 1 is 1.00 bits per heavy atom. The van der Waals surface area contributed by atoms with Crippen molar-refractivity contribution in [1.82, 2.24) is 4.98 Å². The maximum atomic E-state index is 9.69. The summed E-state index contributed by atoms with van der Waals surface area (Å²) in [5, 5.41) is 12.1. The SMILES string of the molecule is CC(C)Oc1nccc(-c2ccc3cc(N4CCCCC4)ccc3c2)c1C#N. The number of benzene rings is 2. The lowest BCUT2D eigenvalue weighted by Crippen LogP contribution is -2.29. The Kier molecular flexibility index (Phi) is 5.16. The number of nitriles is 1. The van der Waals surface area contributed by atoms with Crippen LogP contribution in [0.5, 0.6) is 5.88 Å². The molecule has 0 atom stereocenters. The van der Waals surface area contributed by atoms with Crippen molar-refractivity contribution < 1.29 is 4.74 Å². The number of nitrogens with zero attached hydrogens (tertiary/aromatic N) is 3. The van der Waals surface area contributed by atoms with Crippen LogP contribution in [0.25, 0.3) is 21.9 Å². The van der Waals surface area contributed by atoms with Crippen molar-refractivity contribution in [2.24, 2.45) is 0 Å². The second-order valence-electron chi connectivity index (χ2n) is 7.61. The molecule has 0 unspecified atom stereocenters. The Bertz CT molecular complexity index is 1030. The Morgan fingerprint density at radius 3 is 2.50 bits per heavy atom. The lowest BCUT2D eigenvalue weighted by molar-refractivity contribution is 0.232. The largest absolute Gasteiger partial charge is 0.474 e. The molecule has 28 heavy (non-hydrogen) atoms. The summed E-state index contributed by atoms with van der Waals surface area (Å²) < 4.78 is 5.73. The van der Waals surface area contributed by atoms with Crippen LogP contribution in [0.1, 0.15) is 38.7 Å². The monoisotopic (exact) mass is 371 g/mol. The molecule has 1 aliphatic heterocycles. The topological polar surface area (TPSA) is 49.1 Å². The predicted molar refractivity (Wildman–Crippen MR) is 114 cm³/mol. The molecule has 4 nitrogen and oxygen atoms in total. The van der Waals surface area contributed by atoms with Crippen molar-refractivity contribution in [1.29, 1.82) is 5.26 Å². The highest BCUT2D eigenvalue weighted by atomic mass is 16.5. The van der Waals surface area contributed by atoms with Crippen LogP contribution in [0.3, 0.4) is 0 Å². The normalized spacial score (nSPS) is 14.3. The van der Waals surface area contributed by atoms with Crippen LogP contribution in [-0.4, -0.2) is 24.2 Å². The molecule has 0 spiro atoms. The van der Waals surface area contributed by atoms with Gasteiger partial charge in [0.15, 0.2) is 0 Å². The first kappa shape index (κ1) is 18.3. The number of aromatic nitrogens is 1. The predicted octanol–water partition coefficient (Wildman–Crippen LogP) is 5.55. The van der Waals surface area contributed by atoms with Crippen molar-refractivity contribution in [2.45, 2.75) is 39.2 Å². The summed E-state index contributed by atoms with van der Waals surface area (Å²) in [6.07, 6.45) is 5.56. The van der Waals surface area contributed by atoms with E-state index >= 15 is 0 Å². The van der Waals surface area contributed by atoms with Gasteiger partial charge in [-0.2, -0.15) is 5.26 Å². The molecule has 4 heteroatoms. The first-order valence-electron chi connectivity index (χ1n) is 10.0. The minimum atomic E-state index is -0.0281. The second kappa shape index (κ2) is 7.90. The van der Waals surface area contributed by atoms with E-state index in [-0.39, 0.29) is 6.10 Å². The molecular weight excluding hydrogens is 346 g/mol. The van der Waals surface area contributed by atoms with Crippen LogP contribution in [0.15, 0.2) is 48.7 Å². The number of pyridine rings is 1. The summed E-state index contributed by atoms with van der Waals surface area (Å²) in [4.78, 5) is 6.73. The fourth-order valence-corrected chi connectivity index (χ4v) is 3.85. The molecule has 142 valence electrons. The van der Waals surface area contributed by atoms with Gasteiger partial charge in [-0.05, 0) is 73.7 Å². The third-order valence-corrected chi connectivity index (χ3v) is 5.23. The Hall–Kier alpha value is -3.06. The molecule has 0 radical (unpaired) electrons. The van der Waals surface area contributed by atoms with Crippen LogP contribution in [0.2, 0.25) is 0 Å². The average molecular weight is 371 g/mol. The van der Waals surface area contributed by atoms with Crippen molar-refractivity contribution in [3.8, 4) is 23.1 Å². The molecule has 2 heterocycles. The lowest BCUT2D eigenvalue weighted by Gasteiger charge is -2.29. The van der Waals surface area contributed by atoms with Gasteiger partial charge in [0, 0.05) is 30.5 Å². The number of anilines is 1. The van der Waals surface area contributed by atoms with E-state index in [4.69, 9.17) is 4.74 Å². The van der Waals surface area contributed by atoms with E-state index < -0.39 is 0 Å². The van der Waals surface area contributed by atoms with Crippen LogP contribution in [0.4, 0.5) is 5.69 Å². The molecule has 0 aliphatic carbocycles. The fourth-order valence-electron chi connectivity index (χ4n) is 3.85. The Balaban J connectivity index is 1.71. The quantitative estimate of drug-likeness (QED) is 0.603. The van der Waals surface area contributed by atoms with E-state index in [0.717, 1.165) is 24.2 Å². The van der Waals surface area contributed by atoms with E-state index in [1.165, 1.54) is 35.7 Å². The number of fused-ring (bicyclic) bond motifs is 1. The molecule has 2 aromatic carbocycles. The van der Waals surface area contributed by atoms with Crippen LogP contribution < -0.4 is 9.64 Å². The first-order valence-corrected chi connectivity index (χ1v) is 10.0. The molecule has 3 aromatic rings. The summed E-state index contributed by atoms with van der Waals surface area (Å²) in [5.74, 6) is 0.399. The summed E-state index contributed by atoms with van der Waals surface area (Å²) in [6.45, 7) is 6.16. The smallest absolute Gasteiger partial charge is 0.232 e. The minimum absolute atomic E-state index is 0.0281. The number of rotatable bonds is 4. The third-order valence-electron chi connectivity index (χ3n) is 5.23. The third kappa shape index (κ3) is 3.66.